The van der Waals surface area contributed by atoms with Gasteiger partial charge in [0.1, 0.15) is 0 Å². The van der Waals surface area contributed by atoms with Gasteiger partial charge in [0, 0.05) is 13.1 Å². The van der Waals surface area contributed by atoms with E-state index in [0.717, 1.165) is 12.8 Å². The van der Waals surface area contributed by atoms with Crippen molar-refractivity contribution < 1.29 is 14.7 Å². The average Bonchev–Trinajstić information content (AvgIpc) is 2.74. The molecule has 0 aliphatic heterocycles. The van der Waals surface area contributed by atoms with Crippen LogP contribution in [-0.2, 0) is 9.59 Å². The van der Waals surface area contributed by atoms with E-state index in [1.807, 2.05) is 6.92 Å². The zero-order valence-electron chi connectivity index (χ0n) is 11.8. The SMILES string of the molecule is CC(C)CC(C)N(C)C(=O)C1CCCC1C(=O)O. The van der Waals surface area contributed by atoms with E-state index in [9.17, 15) is 9.59 Å². The number of hydrogen-bond acceptors (Lipinski definition) is 2. The monoisotopic (exact) mass is 255 g/mol. The average molecular weight is 255 g/mol. The molecule has 4 heteroatoms. The predicted molar refractivity (Wildman–Crippen MR) is 70.2 cm³/mol. The van der Waals surface area contributed by atoms with E-state index in [0.29, 0.717) is 18.8 Å². The first kappa shape index (κ1) is 15.0. The van der Waals surface area contributed by atoms with E-state index in [1.54, 1.807) is 11.9 Å². The van der Waals surface area contributed by atoms with Crippen LogP contribution in [-0.4, -0.2) is 35.0 Å². The fraction of sp³-hybridized carbons (Fsp3) is 0.857. The van der Waals surface area contributed by atoms with Crippen LogP contribution in [0, 0.1) is 17.8 Å². The third-order valence-electron chi connectivity index (χ3n) is 3.97. The van der Waals surface area contributed by atoms with Gasteiger partial charge in [0.2, 0.25) is 5.91 Å². The lowest BCUT2D eigenvalue weighted by atomic mass is 9.93. The molecule has 3 unspecified atom stereocenters. The van der Waals surface area contributed by atoms with Crippen molar-refractivity contribution >= 4 is 11.9 Å². The van der Waals surface area contributed by atoms with Crippen LogP contribution in [0.5, 0.6) is 0 Å². The fourth-order valence-electron chi connectivity index (χ4n) is 2.87. The summed E-state index contributed by atoms with van der Waals surface area (Å²) in [6.45, 7) is 6.29. The molecule has 1 fully saturated rings. The Hall–Kier alpha value is -1.06. The van der Waals surface area contributed by atoms with Crippen LogP contribution >= 0.6 is 0 Å². The maximum absolute atomic E-state index is 12.3. The van der Waals surface area contributed by atoms with Crippen LogP contribution in [0.4, 0.5) is 0 Å². The van der Waals surface area contributed by atoms with Gasteiger partial charge in [0.15, 0.2) is 0 Å². The Kier molecular flexibility index (Phi) is 5.17. The smallest absolute Gasteiger partial charge is 0.307 e. The molecule has 0 spiro atoms. The summed E-state index contributed by atoms with van der Waals surface area (Å²) < 4.78 is 0. The molecule has 4 nitrogen and oxygen atoms in total. The highest BCUT2D eigenvalue weighted by Gasteiger charge is 2.39. The van der Waals surface area contributed by atoms with E-state index in [4.69, 9.17) is 5.11 Å². The first-order valence-electron chi connectivity index (χ1n) is 6.84. The zero-order valence-corrected chi connectivity index (χ0v) is 11.8. The summed E-state index contributed by atoms with van der Waals surface area (Å²) in [6.07, 6.45) is 3.15. The summed E-state index contributed by atoms with van der Waals surface area (Å²) in [6, 6.07) is 0.174. The van der Waals surface area contributed by atoms with Gasteiger partial charge in [-0.1, -0.05) is 20.3 Å². The highest BCUT2D eigenvalue weighted by atomic mass is 16.4. The summed E-state index contributed by atoms with van der Waals surface area (Å²) in [5.74, 6) is -1.08. The molecule has 0 radical (unpaired) electrons. The van der Waals surface area contributed by atoms with E-state index in [1.165, 1.54) is 0 Å². The summed E-state index contributed by atoms with van der Waals surface area (Å²) in [7, 11) is 1.80. The summed E-state index contributed by atoms with van der Waals surface area (Å²) in [5, 5.41) is 9.13. The first-order chi connectivity index (χ1) is 8.34. The van der Waals surface area contributed by atoms with Crippen LogP contribution in [0.3, 0.4) is 0 Å². The van der Waals surface area contributed by atoms with Crippen molar-refractivity contribution in [3.8, 4) is 0 Å². The van der Waals surface area contributed by atoms with Gasteiger partial charge in [-0.25, -0.2) is 0 Å². The molecule has 0 aromatic rings. The Morgan fingerprint density at radius 3 is 2.28 bits per heavy atom. The maximum atomic E-state index is 12.3. The first-order valence-corrected chi connectivity index (χ1v) is 6.84. The summed E-state index contributed by atoms with van der Waals surface area (Å²) >= 11 is 0. The number of carbonyl (C=O) groups is 2. The fourth-order valence-corrected chi connectivity index (χ4v) is 2.87. The maximum Gasteiger partial charge on any atom is 0.307 e. The van der Waals surface area contributed by atoms with Gasteiger partial charge < -0.3 is 10.0 Å². The molecule has 1 N–H and O–H groups in total. The Morgan fingerprint density at radius 2 is 1.78 bits per heavy atom. The van der Waals surface area contributed by atoms with E-state index in [2.05, 4.69) is 13.8 Å². The Bertz CT molecular complexity index is 314. The minimum Gasteiger partial charge on any atom is -0.481 e. The van der Waals surface area contributed by atoms with Crippen LogP contribution in [0.2, 0.25) is 0 Å². The minimum absolute atomic E-state index is 0.00745. The van der Waals surface area contributed by atoms with Crippen molar-refractivity contribution in [2.24, 2.45) is 17.8 Å². The molecule has 18 heavy (non-hydrogen) atoms. The quantitative estimate of drug-likeness (QED) is 0.820. The number of carbonyl (C=O) groups excluding carboxylic acids is 1. The molecule has 1 amide bonds. The second kappa shape index (κ2) is 6.21. The molecule has 0 aromatic heterocycles. The highest BCUT2D eigenvalue weighted by Crippen LogP contribution is 2.33. The molecule has 104 valence electrons. The van der Waals surface area contributed by atoms with Crippen molar-refractivity contribution in [1.29, 1.82) is 0 Å². The lowest BCUT2D eigenvalue weighted by Crippen LogP contribution is -2.42. The van der Waals surface area contributed by atoms with Gasteiger partial charge in [-0.05, 0) is 32.1 Å². The van der Waals surface area contributed by atoms with Crippen molar-refractivity contribution in [2.45, 2.75) is 52.5 Å². The highest BCUT2D eigenvalue weighted by molar-refractivity contribution is 5.85. The normalized spacial score (nSPS) is 25.2. The van der Waals surface area contributed by atoms with E-state index < -0.39 is 11.9 Å². The number of amides is 1. The molecule has 0 saturated heterocycles. The minimum atomic E-state index is -0.823. The summed E-state index contributed by atoms with van der Waals surface area (Å²) in [5.41, 5.74) is 0. The lowest BCUT2D eigenvalue weighted by Gasteiger charge is -2.30. The molecule has 1 aliphatic rings. The number of hydrogen-bond donors (Lipinski definition) is 1. The van der Waals surface area contributed by atoms with Gasteiger partial charge in [-0.2, -0.15) is 0 Å². The van der Waals surface area contributed by atoms with Gasteiger partial charge >= 0.3 is 5.97 Å². The molecule has 0 bridgehead atoms. The molecule has 0 heterocycles. The molecule has 0 aromatic carbocycles. The third-order valence-corrected chi connectivity index (χ3v) is 3.97. The second-order valence-electron chi connectivity index (χ2n) is 5.91. The number of carboxylic acids is 1. The van der Waals surface area contributed by atoms with Crippen LogP contribution in [0.1, 0.15) is 46.5 Å². The van der Waals surface area contributed by atoms with Crippen molar-refractivity contribution in [1.82, 2.24) is 4.90 Å². The largest absolute Gasteiger partial charge is 0.481 e. The molecule has 1 saturated carbocycles. The number of carboxylic acid groups (broad SMARTS) is 1. The van der Waals surface area contributed by atoms with Gasteiger partial charge in [0.25, 0.3) is 0 Å². The molecular formula is C14H25NO3. The van der Waals surface area contributed by atoms with Crippen LogP contribution < -0.4 is 0 Å². The zero-order chi connectivity index (χ0) is 13.9. The van der Waals surface area contributed by atoms with Crippen molar-refractivity contribution in [2.75, 3.05) is 7.05 Å². The summed E-state index contributed by atoms with van der Waals surface area (Å²) in [4.78, 5) is 25.2. The predicted octanol–water partition coefficient (Wildman–Crippen LogP) is 2.38. The van der Waals surface area contributed by atoms with E-state index in [-0.39, 0.29) is 17.9 Å². The van der Waals surface area contributed by atoms with Crippen LogP contribution in [0.25, 0.3) is 0 Å². The molecule has 3 atom stereocenters. The molecule has 1 aliphatic carbocycles. The van der Waals surface area contributed by atoms with Crippen molar-refractivity contribution in [3.63, 3.8) is 0 Å². The van der Waals surface area contributed by atoms with Gasteiger partial charge in [-0.3, -0.25) is 9.59 Å². The Balaban J connectivity index is 2.65. The number of rotatable bonds is 5. The molecular weight excluding hydrogens is 230 g/mol. The Morgan fingerprint density at radius 1 is 1.22 bits per heavy atom. The standard InChI is InChI=1S/C14H25NO3/c1-9(2)8-10(3)15(4)13(16)11-6-5-7-12(11)14(17)18/h9-12H,5-8H2,1-4H3,(H,17,18). The van der Waals surface area contributed by atoms with Gasteiger partial charge in [0.05, 0.1) is 11.8 Å². The van der Waals surface area contributed by atoms with Gasteiger partial charge in [-0.15, -0.1) is 0 Å². The molecule has 1 rings (SSSR count). The Labute approximate surface area is 109 Å². The topological polar surface area (TPSA) is 57.6 Å². The number of nitrogens with zero attached hydrogens (tertiary/aromatic N) is 1. The number of aliphatic carboxylic acids is 1. The van der Waals surface area contributed by atoms with Crippen LogP contribution in [0.15, 0.2) is 0 Å². The third kappa shape index (κ3) is 3.47. The lowest BCUT2D eigenvalue weighted by molar-refractivity contribution is -0.149. The second-order valence-corrected chi connectivity index (χ2v) is 5.91. The van der Waals surface area contributed by atoms with E-state index >= 15 is 0 Å². The van der Waals surface area contributed by atoms with Crippen molar-refractivity contribution in [3.05, 3.63) is 0 Å².